The quantitative estimate of drug-likeness (QED) is 0.240. The summed E-state index contributed by atoms with van der Waals surface area (Å²) in [6, 6.07) is -0.575. The summed E-state index contributed by atoms with van der Waals surface area (Å²) in [5.41, 5.74) is 7.16. The van der Waals surface area contributed by atoms with Crippen LogP contribution in [0.25, 0.3) is 0 Å². The molecular weight excluding hydrogens is 444 g/mol. The Hall–Kier alpha value is -0.190. The Morgan fingerprint density at radius 1 is 1.32 bits per heavy atom. The molecule has 160 valence electrons. The summed E-state index contributed by atoms with van der Waals surface area (Å²) in [6.45, 7) is 4.78. The molecule has 1 aliphatic heterocycles. The van der Waals surface area contributed by atoms with Crippen LogP contribution in [0.3, 0.4) is 0 Å². The van der Waals surface area contributed by atoms with Gasteiger partial charge in [0.25, 0.3) is 0 Å². The minimum atomic E-state index is -0.575. The van der Waals surface area contributed by atoms with Crippen LogP contribution in [0.5, 0.6) is 0 Å². The van der Waals surface area contributed by atoms with E-state index in [1.807, 2.05) is 17.8 Å². The summed E-state index contributed by atoms with van der Waals surface area (Å²) in [5, 5.41) is 11.4. The first-order valence-corrected chi connectivity index (χ1v) is 12.3. The lowest BCUT2D eigenvalue weighted by molar-refractivity contribution is -0.539. The Kier molecular flexibility index (Phi) is 8.61. The second-order valence-electron chi connectivity index (χ2n) is 8.23. The minimum absolute atomic E-state index is 0.153. The molecule has 0 aromatic carbocycles. The summed E-state index contributed by atoms with van der Waals surface area (Å²) in [5.74, 6) is 1.90. The predicted octanol–water partition coefficient (Wildman–Crippen LogP) is 3.34. The van der Waals surface area contributed by atoms with Crippen molar-refractivity contribution in [3.05, 3.63) is 22.8 Å². The Labute approximate surface area is 180 Å². The van der Waals surface area contributed by atoms with Gasteiger partial charge >= 0.3 is 0 Å². The van der Waals surface area contributed by atoms with Crippen molar-refractivity contribution < 1.29 is 9.66 Å². The zero-order valence-electron chi connectivity index (χ0n) is 16.6. The van der Waals surface area contributed by atoms with Gasteiger partial charge < -0.3 is 4.74 Å². The lowest BCUT2D eigenvalue weighted by Gasteiger charge is -2.36. The van der Waals surface area contributed by atoms with Gasteiger partial charge in [0.1, 0.15) is 11.6 Å². The zero-order chi connectivity index (χ0) is 20.1. The third-order valence-electron chi connectivity index (χ3n) is 6.38. The van der Waals surface area contributed by atoms with Crippen LogP contribution in [0.2, 0.25) is 0 Å². The lowest BCUT2D eigenvalue weighted by atomic mass is 9.85. The van der Waals surface area contributed by atoms with Crippen LogP contribution in [0.4, 0.5) is 0 Å². The number of hydrazine groups is 1. The standard InChI is InChI=1S/C19H33BrN4O3S/c1-3-9-23-18(14-5-4-6-15(20)11-14)21-22-19(23)28-12-13-7-8-17(27-2)16(10-13)24(25)26/h3,13-19,21-22H,1,4-12H2,2H3. The van der Waals surface area contributed by atoms with Crippen LogP contribution in [-0.2, 0) is 4.74 Å². The molecular formula is C19H33BrN4O3S. The maximum atomic E-state index is 11.4. The van der Waals surface area contributed by atoms with Gasteiger partial charge in [0.05, 0.1) is 6.17 Å². The van der Waals surface area contributed by atoms with Gasteiger partial charge in [-0.05, 0) is 49.7 Å². The fourth-order valence-corrected chi connectivity index (χ4v) is 7.01. The number of nitro groups is 1. The van der Waals surface area contributed by atoms with Crippen LogP contribution in [0.15, 0.2) is 12.7 Å². The van der Waals surface area contributed by atoms with E-state index < -0.39 is 6.04 Å². The van der Waals surface area contributed by atoms with Gasteiger partial charge in [-0.15, -0.1) is 18.3 Å². The van der Waals surface area contributed by atoms with Crippen LogP contribution < -0.4 is 10.9 Å². The van der Waals surface area contributed by atoms with E-state index in [0.717, 1.165) is 25.1 Å². The SMILES string of the molecule is C=CCN1C(SCC2CCC(OC)C([N+](=O)[O-])C2)NNC1C1CCCC(Br)C1. The number of thioether (sulfide) groups is 1. The molecule has 0 spiro atoms. The van der Waals surface area contributed by atoms with E-state index in [0.29, 0.717) is 29.2 Å². The monoisotopic (exact) mass is 476 g/mol. The van der Waals surface area contributed by atoms with Gasteiger partial charge in [0.15, 0.2) is 0 Å². The van der Waals surface area contributed by atoms with E-state index >= 15 is 0 Å². The molecule has 28 heavy (non-hydrogen) atoms. The Morgan fingerprint density at radius 3 is 2.82 bits per heavy atom. The van der Waals surface area contributed by atoms with E-state index in [4.69, 9.17) is 4.74 Å². The second kappa shape index (κ2) is 10.7. The molecule has 1 saturated heterocycles. The highest BCUT2D eigenvalue weighted by atomic mass is 79.9. The third kappa shape index (κ3) is 5.49. The highest BCUT2D eigenvalue weighted by Crippen LogP contribution is 2.36. The van der Waals surface area contributed by atoms with Crippen molar-refractivity contribution in [2.75, 3.05) is 19.4 Å². The molecule has 0 bridgehead atoms. The van der Waals surface area contributed by atoms with Gasteiger partial charge in [-0.3, -0.25) is 15.0 Å². The van der Waals surface area contributed by atoms with Crippen LogP contribution >= 0.6 is 27.7 Å². The van der Waals surface area contributed by atoms with Crippen LogP contribution in [0.1, 0.15) is 44.9 Å². The first kappa shape index (κ1) is 22.5. The second-order valence-corrected chi connectivity index (χ2v) is 10.6. The number of nitrogens with one attached hydrogen (secondary N) is 2. The van der Waals surface area contributed by atoms with Crippen molar-refractivity contribution in [3.63, 3.8) is 0 Å². The van der Waals surface area contributed by atoms with Crippen molar-refractivity contribution in [1.82, 2.24) is 15.8 Å². The predicted molar refractivity (Wildman–Crippen MR) is 117 cm³/mol. The minimum Gasteiger partial charge on any atom is -0.374 e. The normalized spacial score (nSPS) is 39.7. The average molecular weight is 477 g/mol. The van der Waals surface area contributed by atoms with Crippen molar-refractivity contribution >= 4 is 27.7 Å². The fourth-order valence-electron chi connectivity index (χ4n) is 4.88. The van der Waals surface area contributed by atoms with E-state index in [-0.39, 0.29) is 16.5 Å². The number of alkyl halides is 1. The first-order valence-electron chi connectivity index (χ1n) is 10.3. The molecule has 2 N–H and O–H groups in total. The number of nitrogens with zero attached hydrogens (tertiary/aromatic N) is 2. The molecule has 3 aliphatic rings. The molecule has 2 saturated carbocycles. The van der Waals surface area contributed by atoms with Crippen molar-refractivity contribution in [2.24, 2.45) is 11.8 Å². The average Bonchev–Trinajstić information content (AvgIpc) is 3.09. The topological polar surface area (TPSA) is 79.7 Å². The highest BCUT2D eigenvalue weighted by molar-refractivity contribution is 9.09. The molecule has 1 heterocycles. The summed E-state index contributed by atoms with van der Waals surface area (Å²) in [7, 11) is 1.58. The molecule has 3 rings (SSSR count). The van der Waals surface area contributed by atoms with Crippen LogP contribution in [-0.4, -0.2) is 57.9 Å². The Balaban J connectivity index is 1.54. The first-order chi connectivity index (χ1) is 13.5. The van der Waals surface area contributed by atoms with Gasteiger partial charge in [-0.25, -0.2) is 10.9 Å². The van der Waals surface area contributed by atoms with Gasteiger partial charge in [0, 0.05) is 29.8 Å². The van der Waals surface area contributed by atoms with E-state index in [1.165, 1.54) is 25.7 Å². The maximum absolute atomic E-state index is 11.4. The van der Waals surface area contributed by atoms with Gasteiger partial charge in [-0.1, -0.05) is 28.4 Å². The number of rotatable bonds is 8. The number of halogens is 1. The number of hydrogen-bond acceptors (Lipinski definition) is 7. The molecule has 2 aliphatic carbocycles. The number of methoxy groups -OCH3 is 1. The number of ether oxygens (including phenoxy) is 1. The third-order valence-corrected chi connectivity index (χ3v) is 8.58. The summed E-state index contributed by atoms with van der Waals surface area (Å²) in [4.78, 5) is 14.3. The number of hydrogen-bond donors (Lipinski definition) is 2. The molecule has 3 fully saturated rings. The molecule has 7 unspecified atom stereocenters. The summed E-state index contributed by atoms with van der Waals surface area (Å²) >= 11 is 5.66. The van der Waals surface area contributed by atoms with Gasteiger partial charge in [-0.2, -0.15) is 0 Å². The molecule has 7 atom stereocenters. The lowest BCUT2D eigenvalue weighted by Crippen LogP contribution is -2.45. The van der Waals surface area contributed by atoms with Crippen molar-refractivity contribution in [1.29, 1.82) is 0 Å². The summed E-state index contributed by atoms with van der Waals surface area (Å²) < 4.78 is 5.34. The summed E-state index contributed by atoms with van der Waals surface area (Å²) in [6.07, 6.45) is 9.38. The van der Waals surface area contributed by atoms with Crippen molar-refractivity contribution in [3.8, 4) is 0 Å². The van der Waals surface area contributed by atoms with Crippen LogP contribution in [0, 0.1) is 22.0 Å². The molecule has 7 nitrogen and oxygen atoms in total. The maximum Gasteiger partial charge on any atom is 0.239 e. The molecule has 0 aromatic rings. The fraction of sp³-hybridized carbons (Fsp3) is 0.895. The molecule has 0 aromatic heterocycles. The molecule has 0 radical (unpaired) electrons. The smallest absolute Gasteiger partial charge is 0.239 e. The molecule has 0 amide bonds. The van der Waals surface area contributed by atoms with E-state index in [1.54, 1.807) is 7.11 Å². The Bertz CT molecular complexity index is 543. The zero-order valence-corrected chi connectivity index (χ0v) is 19.0. The highest BCUT2D eigenvalue weighted by Gasteiger charge is 2.41. The Morgan fingerprint density at radius 2 is 2.14 bits per heavy atom. The van der Waals surface area contributed by atoms with E-state index in [9.17, 15) is 10.1 Å². The van der Waals surface area contributed by atoms with E-state index in [2.05, 4.69) is 38.3 Å². The van der Waals surface area contributed by atoms with Gasteiger partial charge in [0.2, 0.25) is 6.04 Å². The van der Waals surface area contributed by atoms with Crippen molar-refractivity contribution in [2.45, 2.75) is 73.6 Å². The largest absolute Gasteiger partial charge is 0.374 e. The molecule has 9 heteroatoms.